The molecular formula is C22H27N3O. The van der Waals surface area contributed by atoms with Crippen LogP contribution in [0.2, 0.25) is 0 Å². The fourth-order valence-corrected chi connectivity index (χ4v) is 4.39. The van der Waals surface area contributed by atoms with Crippen LogP contribution >= 0.6 is 0 Å². The van der Waals surface area contributed by atoms with E-state index < -0.39 is 0 Å². The minimum atomic E-state index is 0.122. The molecule has 0 radical (unpaired) electrons. The minimum Gasteiger partial charge on any atom is -0.334 e. The smallest absolute Gasteiger partial charge is 0.227 e. The molecule has 1 aromatic carbocycles. The SMILES string of the molecule is O=C([C@@H]1CCCN(Cc2ccccc2)C1)N1CCC[C@@H]1c1ccccn1. The van der Waals surface area contributed by atoms with E-state index in [2.05, 4.69) is 51.2 Å². The van der Waals surface area contributed by atoms with Crippen molar-refractivity contribution in [2.75, 3.05) is 19.6 Å². The monoisotopic (exact) mass is 349 g/mol. The molecule has 0 spiro atoms. The lowest BCUT2D eigenvalue weighted by Gasteiger charge is -2.35. The highest BCUT2D eigenvalue weighted by atomic mass is 16.2. The fraction of sp³-hybridized carbons (Fsp3) is 0.455. The molecule has 0 N–H and O–H groups in total. The van der Waals surface area contributed by atoms with E-state index in [1.165, 1.54) is 5.56 Å². The molecule has 2 aromatic rings. The van der Waals surface area contributed by atoms with Crippen molar-refractivity contribution in [3.8, 4) is 0 Å². The first-order valence-electron chi connectivity index (χ1n) is 9.79. The molecule has 1 amide bonds. The van der Waals surface area contributed by atoms with Crippen LogP contribution in [0.1, 0.15) is 43.0 Å². The molecule has 0 bridgehead atoms. The van der Waals surface area contributed by atoms with E-state index in [1.807, 2.05) is 18.3 Å². The van der Waals surface area contributed by atoms with Crippen LogP contribution in [0.15, 0.2) is 54.7 Å². The van der Waals surface area contributed by atoms with Crippen molar-refractivity contribution in [1.29, 1.82) is 0 Å². The van der Waals surface area contributed by atoms with Crippen molar-refractivity contribution in [1.82, 2.24) is 14.8 Å². The van der Waals surface area contributed by atoms with E-state index in [4.69, 9.17) is 0 Å². The molecule has 1 aromatic heterocycles. The Hall–Kier alpha value is -2.20. The van der Waals surface area contributed by atoms with Gasteiger partial charge in [-0.2, -0.15) is 0 Å². The zero-order valence-corrected chi connectivity index (χ0v) is 15.3. The Balaban J connectivity index is 1.42. The van der Waals surface area contributed by atoms with Gasteiger partial charge in [0.05, 0.1) is 17.7 Å². The minimum absolute atomic E-state index is 0.122. The third-order valence-corrected chi connectivity index (χ3v) is 5.67. The molecule has 0 saturated carbocycles. The summed E-state index contributed by atoms with van der Waals surface area (Å²) in [5, 5.41) is 0. The van der Waals surface area contributed by atoms with Crippen LogP contribution < -0.4 is 0 Å². The van der Waals surface area contributed by atoms with Gasteiger partial charge >= 0.3 is 0 Å². The lowest BCUT2D eigenvalue weighted by Crippen LogP contribution is -2.44. The van der Waals surface area contributed by atoms with E-state index in [-0.39, 0.29) is 12.0 Å². The maximum atomic E-state index is 13.3. The predicted octanol–water partition coefficient (Wildman–Crippen LogP) is 3.66. The Bertz CT molecular complexity index is 719. The summed E-state index contributed by atoms with van der Waals surface area (Å²) in [5.41, 5.74) is 2.36. The number of aromatic nitrogens is 1. The molecule has 4 rings (SSSR count). The average Bonchev–Trinajstić information content (AvgIpc) is 3.19. The second-order valence-corrected chi connectivity index (χ2v) is 7.50. The van der Waals surface area contributed by atoms with Crippen LogP contribution in [0.4, 0.5) is 0 Å². The number of rotatable bonds is 4. The van der Waals surface area contributed by atoms with Crippen molar-refractivity contribution in [2.24, 2.45) is 5.92 Å². The summed E-state index contributed by atoms with van der Waals surface area (Å²) in [5.74, 6) is 0.452. The lowest BCUT2D eigenvalue weighted by molar-refractivity contribution is -0.138. The highest BCUT2D eigenvalue weighted by molar-refractivity contribution is 5.80. The number of pyridine rings is 1. The molecule has 2 aliphatic heterocycles. The van der Waals surface area contributed by atoms with Crippen LogP contribution in [-0.2, 0) is 11.3 Å². The van der Waals surface area contributed by atoms with Gasteiger partial charge in [0, 0.05) is 25.8 Å². The Morgan fingerprint density at radius 2 is 1.81 bits per heavy atom. The van der Waals surface area contributed by atoms with E-state index >= 15 is 0 Å². The van der Waals surface area contributed by atoms with Crippen LogP contribution in [0.25, 0.3) is 0 Å². The van der Waals surface area contributed by atoms with Gasteiger partial charge < -0.3 is 4.90 Å². The van der Waals surface area contributed by atoms with Gasteiger partial charge in [-0.05, 0) is 49.9 Å². The highest BCUT2D eigenvalue weighted by Crippen LogP contribution is 2.33. The Morgan fingerprint density at radius 3 is 2.62 bits per heavy atom. The molecule has 4 heteroatoms. The molecule has 0 unspecified atom stereocenters. The third kappa shape index (κ3) is 3.80. The Labute approximate surface area is 155 Å². The van der Waals surface area contributed by atoms with E-state index in [1.54, 1.807) is 0 Å². The summed E-state index contributed by atoms with van der Waals surface area (Å²) in [7, 11) is 0. The van der Waals surface area contributed by atoms with Crippen LogP contribution in [0, 0.1) is 5.92 Å². The molecule has 4 nitrogen and oxygen atoms in total. The fourth-order valence-electron chi connectivity index (χ4n) is 4.39. The van der Waals surface area contributed by atoms with Crippen molar-refractivity contribution in [3.63, 3.8) is 0 Å². The quantitative estimate of drug-likeness (QED) is 0.845. The van der Waals surface area contributed by atoms with Crippen LogP contribution in [-0.4, -0.2) is 40.3 Å². The summed E-state index contributed by atoms with van der Waals surface area (Å²) >= 11 is 0. The van der Waals surface area contributed by atoms with E-state index in [9.17, 15) is 4.79 Å². The molecule has 2 aliphatic rings. The van der Waals surface area contributed by atoms with Crippen LogP contribution in [0.3, 0.4) is 0 Å². The Kier molecular flexibility index (Phi) is 5.30. The van der Waals surface area contributed by atoms with Gasteiger partial charge in [0.15, 0.2) is 0 Å². The molecule has 2 saturated heterocycles. The van der Waals surface area contributed by atoms with E-state index in [0.717, 1.165) is 57.6 Å². The largest absolute Gasteiger partial charge is 0.334 e. The second kappa shape index (κ2) is 8.00. The molecule has 2 fully saturated rings. The normalized spacial score (nSPS) is 23.9. The molecule has 2 atom stereocenters. The van der Waals surface area contributed by atoms with Gasteiger partial charge in [0.2, 0.25) is 5.91 Å². The molecular weight excluding hydrogens is 322 g/mol. The zero-order valence-electron chi connectivity index (χ0n) is 15.3. The summed E-state index contributed by atoms with van der Waals surface area (Å²) in [6.45, 7) is 3.77. The van der Waals surface area contributed by atoms with Crippen LogP contribution in [0.5, 0.6) is 0 Å². The molecule has 3 heterocycles. The topological polar surface area (TPSA) is 36.4 Å². The van der Waals surface area contributed by atoms with Gasteiger partial charge in [-0.15, -0.1) is 0 Å². The van der Waals surface area contributed by atoms with Gasteiger partial charge in [-0.3, -0.25) is 14.7 Å². The summed E-state index contributed by atoms with van der Waals surface area (Å²) in [6, 6.07) is 16.7. The maximum Gasteiger partial charge on any atom is 0.227 e. The number of likely N-dealkylation sites (tertiary alicyclic amines) is 2. The number of nitrogens with zero attached hydrogens (tertiary/aromatic N) is 3. The Morgan fingerprint density at radius 1 is 1.00 bits per heavy atom. The first kappa shape index (κ1) is 17.2. The highest BCUT2D eigenvalue weighted by Gasteiger charge is 2.36. The second-order valence-electron chi connectivity index (χ2n) is 7.50. The number of hydrogen-bond donors (Lipinski definition) is 0. The number of piperidine rings is 1. The molecule has 26 heavy (non-hydrogen) atoms. The maximum absolute atomic E-state index is 13.3. The molecule has 136 valence electrons. The van der Waals surface area contributed by atoms with Gasteiger partial charge in [-0.25, -0.2) is 0 Å². The summed E-state index contributed by atoms with van der Waals surface area (Å²) in [4.78, 5) is 22.3. The lowest BCUT2D eigenvalue weighted by atomic mass is 9.95. The summed E-state index contributed by atoms with van der Waals surface area (Å²) in [6.07, 6.45) is 6.05. The summed E-state index contributed by atoms with van der Waals surface area (Å²) < 4.78 is 0. The number of benzene rings is 1. The number of carbonyl (C=O) groups is 1. The van der Waals surface area contributed by atoms with Gasteiger partial charge in [0.1, 0.15) is 0 Å². The van der Waals surface area contributed by atoms with Gasteiger partial charge in [0.25, 0.3) is 0 Å². The standard InChI is InChI=1S/C22H27N3O/c26-22(25-15-7-12-21(25)20-11-4-5-13-23-20)19-10-6-14-24(17-19)16-18-8-2-1-3-9-18/h1-5,8-9,11,13,19,21H,6-7,10,12,14-17H2/t19-,21-/m1/s1. The van der Waals surface area contributed by atoms with Crippen molar-refractivity contribution in [2.45, 2.75) is 38.3 Å². The zero-order chi connectivity index (χ0) is 17.8. The predicted molar refractivity (Wildman–Crippen MR) is 102 cm³/mol. The van der Waals surface area contributed by atoms with E-state index in [0.29, 0.717) is 5.91 Å². The first-order valence-corrected chi connectivity index (χ1v) is 9.79. The number of carbonyl (C=O) groups excluding carboxylic acids is 1. The number of amides is 1. The molecule has 0 aliphatic carbocycles. The van der Waals surface area contributed by atoms with Crippen molar-refractivity contribution in [3.05, 3.63) is 66.0 Å². The third-order valence-electron chi connectivity index (χ3n) is 5.67. The first-order chi connectivity index (χ1) is 12.8. The van der Waals surface area contributed by atoms with Gasteiger partial charge in [-0.1, -0.05) is 36.4 Å². The average molecular weight is 349 g/mol. The van der Waals surface area contributed by atoms with Crippen molar-refractivity contribution < 1.29 is 4.79 Å². The number of hydrogen-bond acceptors (Lipinski definition) is 3. The van der Waals surface area contributed by atoms with Crippen molar-refractivity contribution >= 4 is 5.91 Å².